The van der Waals surface area contributed by atoms with Crippen LogP contribution < -0.4 is 19.9 Å². The zero-order chi connectivity index (χ0) is 18.4. The van der Waals surface area contributed by atoms with Crippen molar-refractivity contribution in [3.05, 3.63) is 36.5 Å². The van der Waals surface area contributed by atoms with Crippen LogP contribution >= 0.6 is 0 Å². The van der Waals surface area contributed by atoms with E-state index in [9.17, 15) is 0 Å². The molecule has 0 spiro atoms. The van der Waals surface area contributed by atoms with Crippen LogP contribution in [0.4, 0.5) is 17.5 Å². The number of benzene rings is 1. The average molecular weight is 355 g/mol. The van der Waals surface area contributed by atoms with E-state index in [1.165, 1.54) is 5.69 Å². The second kappa shape index (κ2) is 8.74. The molecule has 6 heteroatoms. The van der Waals surface area contributed by atoms with E-state index in [-0.39, 0.29) is 0 Å². The Balaban J connectivity index is 1.55. The van der Waals surface area contributed by atoms with E-state index in [1.54, 1.807) is 7.11 Å². The molecule has 1 saturated heterocycles. The SMILES string of the molecule is COc1ccc(N2CCN(c3nccc(NCCC(C)C)n3)CC2)cc1. The maximum atomic E-state index is 5.23. The lowest BCUT2D eigenvalue weighted by molar-refractivity contribution is 0.415. The molecule has 26 heavy (non-hydrogen) atoms. The Hall–Kier alpha value is -2.50. The second-order valence-electron chi connectivity index (χ2n) is 7.02. The summed E-state index contributed by atoms with van der Waals surface area (Å²) in [4.78, 5) is 13.8. The summed E-state index contributed by atoms with van der Waals surface area (Å²) in [6.45, 7) is 9.16. The van der Waals surface area contributed by atoms with Crippen molar-refractivity contribution >= 4 is 17.5 Å². The van der Waals surface area contributed by atoms with Gasteiger partial charge in [-0.05, 0) is 42.7 Å². The first-order valence-electron chi connectivity index (χ1n) is 9.36. The molecule has 1 N–H and O–H groups in total. The number of hydrogen-bond donors (Lipinski definition) is 1. The van der Waals surface area contributed by atoms with Crippen LogP contribution in [0.15, 0.2) is 36.5 Å². The van der Waals surface area contributed by atoms with Gasteiger partial charge in [-0.25, -0.2) is 4.98 Å². The summed E-state index contributed by atoms with van der Waals surface area (Å²) in [6.07, 6.45) is 2.98. The average Bonchev–Trinajstić information content (AvgIpc) is 2.68. The second-order valence-corrected chi connectivity index (χ2v) is 7.02. The van der Waals surface area contributed by atoms with Gasteiger partial charge in [0.1, 0.15) is 11.6 Å². The molecule has 0 aliphatic carbocycles. The Bertz CT molecular complexity index is 681. The number of piperazine rings is 1. The van der Waals surface area contributed by atoms with Gasteiger partial charge >= 0.3 is 0 Å². The summed E-state index contributed by atoms with van der Waals surface area (Å²) < 4.78 is 5.23. The third kappa shape index (κ3) is 4.77. The highest BCUT2D eigenvalue weighted by Crippen LogP contribution is 2.22. The van der Waals surface area contributed by atoms with E-state index in [4.69, 9.17) is 4.74 Å². The maximum Gasteiger partial charge on any atom is 0.227 e. The van der Waals surface area contributed by atoms with Gasteiger partial charge < -0.3 is 19.9 Å². The van der Waals surface area contributed by atoms with Crippen LogP contribution in [0, 0.1) is 5.92 Å². The summed E-state index contributed by atoms with van der Waals surface area (Å²) in [5, 5.41) is 3.40. The number of ether oxygens (including phenoxy) is 1. The van der Waals surface area contributed by atoms with Crippen LogP contribution in [0.3, 0.4) is 0 Å². The predicted molar refractivity (Wildman–Crippen MR) is 107 cm³/mol. The van der Waals surface area contributed by atoms with Crippen molar-refractivity contribution in [1.82, 2.24) is 9.97 Å². The molecule has 0 amide bonds. The number of aromatic nitrogens is 2. The van der Waals surface area contributed by atoms with Crippen LogP contribution in [0.1, 0.15) is 20.3 Å². The maximum absolute atomic E-state index is 5.23. The molecule has 0 unspecified atom stereocenters. The molecule has 140 valence electrons. The number of hydrogen-bond acceptors (Lipinski definition) is 6. The van der Waals surface area contributed by atoms with Gasteiger partial charge in [0.2, 0.25) is 5.95 Å². The minimum absolute atomic E-state index is 0.690. The molecule has 6 nitrogen and oxygen atoms in total. The van der Waals surface area contributed by atoms with Crippen molar-refractivity contribution in [1.29, 1.82) is 0 Å². The molecule has 2 heterocycles. The van der Waals surface area contributed by atoms with Crippen molar-refractivity contribution < 1.29 is 4.74 Å². The molecule has 0 atom stereocenters. The van der Waals surface area contributed by atoms with Crippen LogP contribution in [-0.2, 0) is 0 Å². The molecule has 1 aliphatic heterocycles. The number of nitrogens with zero attached hydrogens (tertiary/aromatic N) is 4. The van der Waals surface area contributed by atoms with Crippen LogP contribution in [0.25, 0.3) is 0 Å². The highest BCUT2D eigenvalue weighted by Gasteiger charge is 2.19. The monoisotopic (exact) mass is 355 g/mol. The Morgan fingerprint density at radius 1 is 1.04 bits per heavy atom. The van der Waals surface area contributed by atoms with Crippen molar-refractivity contribution in [3.8, 4) is 5.75 Å². The molecule has 2 aromatic rings. The Labute approximate surface area is 156 Å². The Kier molecular flexibility index (Phi) is 6.15. The summed E-state index contributed by atoms with van der Waals surface area (Å²) in [7, 11) is 1.69. The summed E-state index contributed by atoms with van der Waals surface area (Å²) in [5.74, 6) is 3.31. The lowest BCUT2D eigenvalue weighted by Crippen LogP contribution is -2.47. The van der Waals surface area contributed by atoms with Crippen molar-refractivity contribution in [2.45, 2.75) is 20.3 Å². The highest BCUT2D eigenvalue weighted by molar-refractivity contribution is 5.51. The zero-order valence-electron chi connectivity index (χ0n) is 16.0. The highest BCUT2D eigenvalue weighted by atomic mass is 16.5. The van der Waals surface area contributed by atoms with Gasteiger partial charge in [-0.3, -0.25) is 0 Å². The van der Waals surface area contributed by atoms with E-state index in [2.05, 4.69) is 51.1 Å². The molecule has 3 rings (SSSR count). The van der Waals surface area contributed by atoms with Gasteiger partial charge in [-0.2, -0.15) is 4.98 Å². The third-order valence-electron chi connectivity index (χ3n) is 4.67. The van der Waals surface area contributed by atoms with Crippen LogP contribution in [0.5, 0.6) is 5.75 Å². The number of anilines is 3. The number of methoxy groups -OCH3 is 1. The minimum atomic E-state index is 0.690. The fraction of sp³-hybridized carbons (Fsp3) is 0.500. The fourth-order valence-corrected chi connectivity index (χ4v) is 3.05. The number of nitrogens with one attached hydrogen (secondary N) is 1. The first kappa shape index (κ1) is 18.3. The van der Waals surface area contributed by atoms with Crippen LogP contribution in [-0.4, -0.2) is 49.8 Å². The smallest absolute Gasteiger partial charge is 0.227 e. The molecule has 0 bridgehead atoms. The molecule has 1 aromatic carbocycles. The third-order valence-corrected chi connectivity index (χ3v) is 4.67. The molecule has 0 radical (unpaired) electrons. The molecule has 0 saturated carbocycles. The molecule has 1 fully saturated rings. The minimum Gasteiger partial charge on any atom is -0.497 e. The zero-order valence-corrected chi connectivity index (χ0v) is 16.0. The van der Waals surface area contributed by atoms with Gasteiger partial charge in [0.25, 0.3) is 0 Å². The van der Waals surface area contributed by atoms with E-state index in [1.807, 2.05) is 24.4 Å². The van der Waals surface area contributed by atoms with E-state index in [0.717, 1.165) is 56.7 Å². The Morgan fingerprint density at radius 2 is 1.73 bits per heavy atom. The topological polar surface area (TPSA) is 53.5 Å². The van der Waals surface area contributed by atoms with Crippen LogP contribution in [0.2, 0.25) is 0 Å². The van der Waals surface area contributed by atoms with Gasteiger partial charge in [-0.1, -0.05) is 13.8 Å². The molecular formula is C20H29N5O. The van der Waals surface area contributed by atoms with Gasteiger partial charge in [-0.15, -0.1) is 0 Å². The normalized spacial score (nSPS) is 14.6. The molecule has 1 aromatic heterocycles. The predicted octanol–water partition coefficient (Wildman–Crippen LogP) is 3.27. The molecular weight excluding hydrogens is 326 g/mol. The Morgan fingerprint density at radius 3 is 2.38 bits per heavy atom. The van der Waals surface area contributed by atoms with E-state index >= 15 is 0 Å². The quantitative estimate of drug-likeness (QED) is 0.823. The number of rotatable bonds is 7. The van der Waals surface area contributed by atoms with Gasteiger partial charge in [0.15, 0.2) is 0 Å². The van der Waals surface area contributed by atoms with E-state index in [0.29, 0.717) is 5.92 Å². The standard InChI is InChI=1S/C20H29N5O/c1-16(2)8-10-21-19-9-11-22-20(23-19)25-14-12-24(13-15-25)17-4-6-18(26-3)7-5-17/h4-7,9,11,16H,8,10,12-15H2,1-3H3,(H,21,22,23). The summed E-state index contributed by atoms with van der Waals surface area (Å²) >= 11 is 0. The van der Waals surface area contributed by atoms with Gasteiger partial charge in [0, 0.05) is 44.6 Å². The first-order chi connectivity index (χ1) is 12.7. The molecule has 1 aliphatic rings. The first-order valence-corrected chi connectivity index (χ1v) is 9.36. The fourth-order valence-electron chi connectivity index (χ4n) is 3.05. The summed E-state index contributed by atoms with van der Waals surface area (Å²) in [5.41, 5.74) is 1.23. The van der Waals surface area contributed by atoms with E-state index < -0.39 is 0 Å². The van der Waals surface area contributed by atoms with Crippen molar-refractivity contribution in [3.63, 3.8) is 0 Å². The van der Waals surface area contributed by atoms with Crippen molar-refractivity contribution in [2.24, 2.45) is 5.92 Å². The largest absolute Gasteiger partial charge is 0.497 e. The lowest BCUT2D eigenvalue weighted by atomic mass is 10.1. The van der Waals surface area contributed by atoms with Crippen molar-refractivity contribution in [2.75, 3.05) is 55.0 Å². The lowest BCUT2D eigenvalue weighted by Gasteiger charge is -2.36. The summed E-state index contributed by atoms with van der Waals surface area (Å²) in [6, 6.07) is 10.2. The van der Waals surface area contributed by atoms with Gasteiger partial charge in [0.05, 0.1) is 7.11 Å².